The third-order valence-corrected chi connectivity index (χ3v) is 3.53. The number of pyridine rings is 1. The van der Waals surface area contributed by atoms with E-state index < -0.39 is 0 Å². The van der Waals surface area contributed by atoms with Crippen molar-refractivity contribution in [1.29, 1.82) is 0 Å². The standard InChI is InChI=1S/C14H18N4O/c15-8-7-14(19)16-10-5-6-13-17-11-3-1-2-4-12(11)18(13)9-10/h5-6,9H,1-4,7-8,15H2,(H,16,19). The normalized spacial score (nSPS) is 14.4. The summed E-state index contributed by atoms with van der Waals surface area (Å²) in [6.07, 6.45) is 6.87. The van der Waals surface area contributed by atoms with E-state index in [0.717, 1.165) is 24.2 Å². The van der Waals surface area contributed by atoms with Crippen LogP contribution in [-0.4, -0.2) is 21.8 Å². The van der Waals surface area contributed by atoms with Crippen molar-refractivity contribution >= 4 is 17.2 Å². The zero-order valence-electron chi connectivity index (χ0n) is 10.9. The summed E-state index contributed by atoms with van der Waals surface area (Å²) in [5.74, 6) is -0.0455. The van der Waals surface area contributed by atoms with Crippen molar-refractivity contribution in [2.45, 2.75) is 32.1 Å². The molecule has 0 atom stereocenters. The minimum absolute atomic E-state index is 0.0455. The largest absolute Gasteiger partial charge is 0.330 e. The van der Waals surface area contributed by atoms with Crippen molar-refractivity contribution in [3.8, 4) is 0 Å². The predicted octanol–water partition coefficient (Wildman–Crippen LogP) is 1.50. The van der Waals surface area contributed by atoms with E-state index in [-0.39, 0.29) is 5.91 Å². The van der Waals surface area contributed by atoms with E-state index in [1.165, 1.54) is 24.2 Å². The van der Waals surface area contributed by atoms with E-state index in [1.807, 2.05) is 18.3 Å². The van der Waals surface area contributed by atoms with Crippen molar-refractivity contribution in [1.82, 2.24) is 9.38 Å². The highest BCUT2D eigenvalue weighted by atomic mass is 16.1. The van der Waals surface area contributed by atoms with Crippen molar-refractivity contribution in [2.75, 3.05) is 11.9 Å². The summed E-state index contributed by atoms with van der Waals surface area (Å²) in [5.41, 5.74) is 9.63. The Morgan fingerprint density at radius 1 is 1.37 bits per heavy atom. The van der Waals surface area contributed by atoms with Gasteiger partial charge in [0, 0.05) is 24.9 Å². The Bertz CT molecular complexity index is 617. The van der Waals surface area contributed by atoms with E-state index in [1.54, 1.807) is 0 Å². The summed E-state index contributed by atoms with van der Waals surface area (Å²) in [4.78, 5) is 16.2. The van der Waals surface area contributed by atoms with Crippen LogP contribution in [0.1, 0.15) is 30.7 Å². The van der Waals surface area contributed by atoms with Gasteiger partial charge in [-0.3, -0.25) is 4.79 Å². The van der Waals surface area contributed by atoms with Gasteiger partial charge < -0.3 is 15.5 Å². The molecule has 0 bridgehead atoms. The van der Waals surface area contributed by atoms with Gasteiger partial charge in [-0.05, 0) is 37.8 Å². The maximum absolute atomic E-state index is 11.6. The lowest BCUT2D eigenvalue weighted by molar-refractivity contribution is -0.116. The molecule has 1 amide bonds. The number of nitrogens with two attached hydrogens (primary N) is 1. The molecular formula is C14H18N4O. The minimum atomic E-state index is -0.0455. The van der Waals surface area contributed by atoms with Crippen molar-refractivity contribution in [3.05, 3.63) is 29.7 Å². The highest BCUT2D eigenvalue weighted by Gasteiger charge is 2.16. The van der Waals surface area contributed by atoms with E-state index in [4.69, 9.17) is 5.73 Å². The average Bonchev–Trinajstić information content (AvgIpc) is 2.77. The molecule has 0 aromatic carbocycles. The van der Waals surface area contributed by atoms with Crippen LogP contribution in [-0.2, 0) is 17.6 Å². The number of nitrogens with one attached hydrogen (secondary N) is 1. The molecule has 1 aliphatic carbocycles. The van der Waals surface area contributed by atoms with Crippen LogP contribution in [0.25, 0.3) is 5.65 Å². The SMILES string of the molecule is NCCC(=O)Nc1ccc2nc3c(n2c1)CCCC3. The Kier molecular flexibility index (Phi) is 3.21. The minimum Gasteiger partial charge on any atom is -0.330 e. The molecule has 0 fully saturated rings. The summed E-state index contributed by atoms with van der Waals surface area (Å²) >= 11 is 0. The number of fused-ring (bicyclic) bond motifs is 3. The topological polar surface area (TPSA) is 72.4 Å². The smallest absolute Gasteiger partial charge is 0.225 e. The first-order valence-corrected chi connectivity index (χ1v) is 6.78. The van der Waals surface area contributed by atoms with Crippen LogP contribution < -0.4 is 11.1 Å². The van der Waals surface area contributed by atoms with Gasteiger partial charge in [0.25, 0.3) is 0 Å². The third-order valence-electron chi connectivity index (χ3n) is 3.53. The predicted molar refractivity (Wildman–Crippen MR) is 74.1 cm³/mol. The Morgan fingerprint density at radius 2 is 2.21 bits per heavy atom. The second-order valence-corrected chi connectivity index (χ2v) is 4.95. The number of aryl methyl sites for hydroxylation is 2. The number of nitrogens with zero attached hydrogens (tertiary/aromatic N) is 2. The monoisotopic (exact) mass is 258 g/mol. The average molecular weight is 258 g/mol. The van der Waals surface area contributed by atoms with Gasteiger partial charge in [-0.15, -0.1) is 0 Å². The molecular weight excluding hydrogens is 240 g/mol. The van der Waals surface area contributed by atoms with Gasteiger partial charge in [0.2, 0.25) is 5.91 Å². The maximum Gasteiger partial charge on any atom is 0.225 e. The van der Waals surface area contributed by atoms with Crippen LogP contribution >= 0.6 is 0 Å². The van der Waals surface area contributed by atoms with Crippen LogP contribution in [0.5, 0.6) is 0 Å². The molecule has 5 nitrogen and oxygen atoms in total. The lowest BCUT2D eigenvalue weighted by Gasteiger charge is -2.11. The first kappa shape index (κ1) is 12.2. The first-order chi connectivity index (χ1) is 9.28. The van der Waals surface area contributed by atoms with Crippen LogP contribution in [0.4, 0.5) is 5.69 Å². The number of hydrogen-bond acceptors (Lipinski definition) is 3. The van der Waals surface area contributed by atoms with Crippen molar-refractivity contribution < 1.29 is 4.79 Å². The van der Waals surface area contributed by atoms with Crippen LogP contribution in [0.15, 0.2) is 18.3 Å². The van der Waals surface area contributed by atoms with Crippen LogP contribution in [0.3, 0.4) is 0 Å². The molecule has 2 aromatic rings. The molecule has 3 N–H and O–H groups in total. The molecule has 0 saturated carbocycles. The fourth-order valence-corrected chi connectivity index (χ4v) is 2.62. The lowest BCUT2D eigenvalue weighted by atomic mass is 10.0. The van der Waals surface area contributed by atoms with Gasteiger partial charge in [0.1, 0.15) is 5.65 Å². The Morgan fingerprint density at radius 3 is 3.05 bits per heavy atom. The van der Waals surface area contributed by atoms with E-state index in [9.17, 15) is 4.79 Å². The molecule has 2 heterocycles. The van der Waals surface area contributed by atoms with Crippen LogP contribution in [0.2, 0.25) is 0 Å². The summed E-state index contributed by atoms with van der Waals surface area (Å²) < 4.78 is 2.10. The molecule has 0 radical (unpaired) electrons. The van der Waals surface area contributed by atoms with E-state index in [0.29, 0.717) is 13.0 Å². The number of carbonyl (C=O) groups excluding carboxylic acids is 1. The zero-order valence-corrected chi connectivity index (χ0v) is 10.9. The first-order valence-electron chi connectivity index (χ1n) is 6.78. The maximum atomic E-state index is 11.6. The van der Waals surface area contributed by atoms with E-state index >= 15 is 0 Å². The summed E-state index contributed by atoms with van der Waals surface area (Å²) in [6, 6.07) is 3.85. The zero-order chi connectivity index (χ0) is 13.2. The van der Waals surface area contributed by atoms with Gasteiger partial charge in [-0.1, -0.05) is 0 Å². The van der Waals surface area contributed by atoms with E-state index in [2.05, 4.69) is 14.7 Å². The van der Waals surface area contributed by atoms with Crippen molar-refractivity contribution in [3.63, 3.8) is 0 Å². The number of aromatic nitrogens is 2. The molecule has 3 rings (SSSR count). The molecule has 19 heavy (non-hydrogen) atoms. The Balaban J connectivity index is 1.93. The highest BCUT2D eigenvalue weighted by molar-refractivity contribution is 5.90. The lowest BCUT2D eigenvalue weighted by Crippen LogP contribution is -2.16. The molecule has 0 unspecified atom stereocenters. The molecule has 0 aliphatic heterocycles. The molecule has 2 aromatic heterocycles. The van der Waals surface area contributed by atoms with Crippen LogP contribution in [0, 0.1) is 0 Å². The molecule has 0 spiro atoms. The molecule has 5 heteroatoms. The molecule has 100 valence electrons. The van der Waals surface area contributed by atoms with Gasteiger partial charge in [0.05, 0.1) is 11.4 Å². The quantitative estimate of drug-likeness (QED) is 0.876. The fourth-order valence-electron chi connectivity index (χ4n) is 2.62. The molecule has 0 saturated heterocycles. The Labute approximate surface area is 111 Å². The van der Waals surface area contributed by atoms with Gasteiger partial charge >= 0.3 is 0 Å². The second-order valence-electron chi connectivity index (χ2n) is 4.95. The van der Waals surface area contributed by atoms with Gasteiger partial charge in [-0.25, -0.2) is 4.98 Å². The number of anilines is 1. The number of carbonyl (C=O) groups is 1. The fraction of sp³-hybridized carbons (Fsp3) is 0.429. The number of imidazole rings is 1. The number of amides is 1. The third kappa shape index (κ3) is 2.33. The molecule has 1 aliphatic rings. The number of rotatable bonds is 3. The summed E-state index contributed by atoms with van der Waals surface area (Å²) in [5, 5.41) is 2.86. The summed E-state index contributed by atoms with van der Waals surface area (Å²) in [6.45, 7) is 0.370. The van der Waals surface area contributed by atoms with Gasteiger partial charge in [-0.2, -0.15) is 0 Å². The summed E-state index contributed by atoms with van der Waals surface area (Å²) in [7, 11) is 0. The van der Waals surface area contributed by atoms with Crippen molar-refractivity contribution in [2.24, 2.45) is 5.73 Å². The number of hydrogen-bond donors (Lipinski definition) is 2. The Hall–Kier alpha value is -1.88. The van der Waals surface area contributed by atoms with Gasteiger partial charge in [0.15, 0.2) is 0 Å². The second kappa shape index (κ2) is 5.01. The highest BCUT2D eigenvalue weighted by Crippen LogP contribution is 2.23.